The lowest BCUT2D eigenvalue weighted by Gasteiger charge is -2.08. The van der Waals surface area contributed by atoms with Crippen LogP contribution >= 0.6 is 11.3 Å². The number of ether oxygens (including phenoxy) is 2. The maximum atomic E-state index is 11.6. The molecular formula is C20H20N4O5S. The molecule has 1 aliphatic carbocycles. The normalized spacial score (nSPS) is 13.5. The smallest absolute Gasteiger partial charge is 0.338 e. The fourth-order valence-electron chi connectivity index (χ4n) is 3.64. The molecule has 9 nitrogen and oxygen atoms in total. The van der Waals surface area contributed by atoms with Crippen LogP contribution in [0.4, 0.5) is 11.5 Å². The number of anilines is 1. The van der Waals surface area contributed by atoms with E-state index in [4.69, 9.17) is 10.5 Å². The number of hydrogen-bond donors (Lipinski definition) is 1. The SMILES string of the molecule is COC(=O)c1ccc(OCc2nc(N)c3c4c(sc3n2)CCCCC4)c([N+](=O)[O-])c1. The lowest BCUT2D eigenvalue weighted by atomic mass is 10.1. The summed E-state index contributed by atoms with van der Waals surface area (Å²) < 4.78 is 10.2. The quantitative estimate of drug-likeness (QED) is 0.281. The first-order valence-electron chi connectivity index (χ1n) is 9.54. The standard InChI is InChI=1S/C20H20N4O5S/c1-28-20(25)11-7-8-14(13(9-11)24(26)27)29-10-16-22-18(21)17-12-5-3-2-4-6-15(12)30-19(17)23-16/h7-9H,2-6,10H2,1H3,(H2,21,22,23). The number of methoxy groups -OCH3 is 1. The fourth-order valence-corrected chi connectivity index (χ4v) is 4.93. The van der Waals surface area contributed by atoms with Gasteiger partial charge >= 0.3 is 11.7 Å². The third-order valence-corrected chi connectivity index (χ3v) is 6.26. The lowest BCUT2D eigenvalue weighted by molar-refractivity contribution is -0.386. The second kappa shape index (κ2) is 8.23. The lowest BCUT2D eigenvalue weighted by Crippen LogP contribution is -2.07. The second-order valence-electron chi connectivity index (χ2n) is 6.99. The van der Waals surface area contributed by atoms with Crippen molar-refractivity contribution in [1.29, 1.82) is 0 Å². The van der Waals surface area contributed by atoms with E-state index in [1.807, 2.05) is 0 Å². The summed E-state index contributed by atoms with van der Waals surface area (Å²) in [5.41, 5.74) is 7.22. The third-order valence-electron chi connectivity index (χ3n) is 5.07. The number of carbonyl (C=O) groups is 1. The zero-order valence-electron chi connectivity index (χ0n) is 16.3. The minimum atomic E-state index is -0.663. The number of nitro groups is 1. The summed E-state index contributed by atoms with van der Waals surface area (Å²) in [6.45, 7) is -0.0822. The van der Waals surface area contributed by atoms with Gasteiger partial charge in [0.2, 0.25) is 0 Å². The largest absolute Gasteiger partial charge is 0.479 e. The minimum Gasteiger partial charge on any atom is -0.479 e. The number of nitrogens with zero attached hydrogens (tertiary/aromatic N) is 3. The maximum absolute atomic E-state index is 11.6. The molecule has 3 aromatic rings. The third kappa shape index (κ3) is 3.78. The van der Waals surface area contributed by atoms with E-state index >= 15 is 0 Å². The first-order chi connectivity index (χ1) is 14.5. The van der Waals surface area contributed by atoms with Gasteiger partial charge in [-0.1, -0.05) is 6.42 Å². The van der Waals surface area contributed by atoms with Crippen LogP contribution in [0.5, 0.6) is 5.75 Å². The van der Waals surface area contributed by atoms with E-state index in [0.717, 1.165) is 42.0 Å². The van der Waals surface area contributed by atoms with E-state index in [9.17, 15) is 14.9 Å². The van der Waals surface area contributed by atoms with Gasteiger partial charge in [-0.3, -0.25) is 10.1 Å². The van der Waals surface area contributed by atoms with Crippen molar-refractivity contribution in [2.75, 3.05) is 12.8 Å². The Morgan fingerprint density at radius 1 is 1.27 bits per heavy atom. The molecule has 1 aliphatic rings. The molecule has 0 unspecified atom stereocenters. The monoisotopic (exact) mass is 428 g/mol. The van der Waals surface area contributed by atoms with Crippen LogP contribution in [0.25, 0.3) is 10.2 Å². The van der Waals surface area contributed by atoms with Gasteiger partial charge in [0.15, 0.2) is 11.6 Å². The minimum absolute atomic E-state index is 0.0110. The first-order valence-corrected chi connectivity index (χ1v) is 10.4. The number of nitrogen functional groups attached to an aromatic ring is 1. The molecule has 0 amide bonds. The first kappa shape index (κ1) is 20.0. The Balaban J connectivity index is 1.61. The summed E-state index contributed by atoms with van der Waals surface area (Å²) in [4.78, 5) is 33.5. The zero-order valence-corrected chi connectivity index (χ0v) is 17.2. The summed E-state index contributed by atoms with van der Waals surface area (Å²) in [6.07, 6.45) is 5.52. The summed E-state index contributed by atoms with van der Waals surface area (Å²) >= 11 is 1.63. The predicted molar refractivity (Wildman–Crippen MR) is 112 cm³/mol. The van der Waals surface area contributed by atoms with Crippen molar-refractivity contribution in [3.8, 4) is 5.75 Å². The van der Waals surface area contributed by atoms with E-state index in [1.165, 1.54) is 36.1 Å². The van der Waals surface area contributed by atoms with Crippen LogP contribution < -0.4 is 10.5 Å². The molecule has 0 aliphatic heterocycles. The van der Waals surface area contributed by atoms with Gasteiger partial charge in [0.1, 0.15) is 17.3 Å². The molecule has 2 aromatic heterocycles. The van der Waals surface area contributed by atoms with Gasteiger partial charge in [-0.25, -0.2) is 14.8 Å². The number of esters is 1. The highest BCUT2D eigenvalue weighted by molar-refractivity contribution is 7.19. The van der Waals surface area contributed by atoms with Gasteiger partial charge in [-0.2, -0.15) is 0 Å². The van der Waals surface area contributed by atoms with Crippen LogP contribution in [0.1, 0.15) is 45.9 Å². The van der Waals surface area contributed by atoms with Crippen LogP contribution in [0.15, 0.2) is 18.2 Å². The molecule has 4 rings (SSSR count). The predicted octanol–water partition coefficient (Wildman–Crippen LogP) is 3.82. The van der Waals surface area contributed by atoms with E-state index in [0.29, 0.717) is 11.6 Å². The van der Waals surface area contributed by atoms with E-state index in [1.54, 1.807) is 11.3 Å². The molecule has 0 radical (unpaired) electrons. The van der Waals surface area contributed by atoms with Gasteiger partial charge in [0, 0.05) is 10.9 Å². The molecule has 2 N–H and O–H groups in total. The molecule has 10 heteroatoms. The van der Waals surface area contributed by atoms with Crippen molar-refractivity contribution in [2.24, 2.45) is 0 Å². The molecule has 0 spiro atoms. The van der Waals surface area contributed by atoms with Crippen LogP contribution in [0, 0.1) is 10.1 Å². The molecular weight excluding hydrogens is 408 g/mol. The number of carbonyl (C=O) groups excluding carboxylic acids is 1. The molecule has 30 heavy (non-hydrogen) atoms. The number of fused-ring (bicyclic) bond motifs is 3. The summed E-state index contributed by atoms with van der Waals surface area (Å²) in [6, 6.07) is 3.89. The zero-order chi connectivity index (χ0) is 21.3. The molecule has 156 valence electrons. The van der Waals surface area contributed by atoms with E-state index in [2.05, 4.69) is 14.7 Å². The number of rotatable bonds is 5. The maximum Gasteiger partial charge on any atom is 0.338 e. The van der Waals surface area contributed by atoms with Crippen molar-refractivity contribution >= 4 is 39.0 Å². The fraction of sp³-hybridized carbons (Fsp3) is 0.350. The van der Waals surface area contributed by atoms with Crippen molar-refractivity contribution < 1.29 is 19.2 Å². The average Bonchev–Trinajstić information content (AvgIpc) is 2.93. The summed E-state index contributed by atoms with van der Waals surface area (Å²) in [7, 11) is 1.21. The summed E-state index contributed by atoms with van der Waals surface area (Å²) in [5, 5.41) is 12.3. The number of aryl methyl sites for hydroxylation is 2. The van der Waals surface area contributed by atoms with Crippen molar-refractivity contribution in [2.45, 2.75) is 38.7 Å². The van der Waals surface area contributed by atoms with Crippen LogP contribution in [-0.2, 0) is 24.2 Å². The second-order valence-corrected chi connectivity index (χ2v) is 8.07. The Morgan fingerprint density at radius 3 is 2.83 bits per heavy atom. The van der Waals surface area contributed by atoms with Gasteiger partial charge in [-0.05, 0) is 43.4 Å². The van der Waals surface area contributed by atoms with Crippen LogP contribution in [-0.4, -0.2) is 28.0 Å². The topological polar surface area (TPSA) is 130 Å². The molecule has 1 aromatic carbocycles. The Labute approximate surface area is 176 Å². The van der Waals surface area contributed by atoms with Crippen molar-refractivity contribution in [1.82, 2.24) is 9.97 Å². The number of aromatic nitrogens is 2. The average molecular weight is 428 g/mol. The van der Waals surface area contributed by atoms with Crippen LogP contribution in [0.3, 0.4) is 0 Å². The highest BCUT2D eigenvalue weighted by atomic mass is 32.1. The summed E-state index contributed by atoms with van der Waals surface area (Å²) in [5.74, 6) is 0.108. The number of hydrogen-bond acceptors (Lipinski definition) is 9. The molecule has 0 saturated carbocycles. The number of nitro benzene ring substituents is 1. The Morgan fingerprint density at radius 2 is 2.07 bits per heavy atom. The highest BCUT2D eigenvalue weighted by Crippen LogP contribution is 2.37. The van der Waals surface area contributed by atoms with Crippen molar-refractivity contribution in [3.05, 3.63) is 50.1 Å². The van der Waals surface area contributed by atoms with Gasteiger partial charge in [0.25, 0.3) is 0 Å². The molecule has 2 heterocycles. The Kier molecular flexibility index (Phi) is 5.49. The van der Waals surface area contributed by atoms with E-state index in [-0.39, 0.29) is 23.6 Å². The van der Waals surface area contributed by atoms with Gasteiger partial charge in [-0.15, -0.1) is 11.3 Å². The number of benzene rings is 1. The Hall–Kier alpha value is -3.27. The molecule has 0 fully saturated rings. The molecule has 0 saturated heterocycles. The highest BCUT2D eigenvalue weighted by Gasteiger charge is 2.22. The van der Waals surface area contributed by atoms with Gasteiger partial charge < -0.3 is 15.2 Å². The number of nitrogens with two attached hydrogens (primary N) is 1. The molecule has 0 bridgehead atoms. The van der Waals surface area contributed by atoms with Crippen molar-refractivity contribution in [3.63, 3.8) is 0 Å². The van der Waals surface area contributed by atoms with Crippen LogP contribution in [0.2, 0.25) is 0 Å². The van der Waals surface area contributed by atoms with Gasteiger partial charge in [0.05, 0.1) is 23.0 Å². The number of thiophene rings is 1. The van der Waals surface area contributed by atoms with E-state index < -0.39 is 10.9 Å². The Bertz CT molecular complexity index is 1140. The molecule has 0 atom stereocenters.